The molecule has 5 heteroatoms. The molecule has 1 N–H and O–H groups in total. The molecule has 1 fully saturated rings. The summed E-state index contributed by atoms with van der Waals surface area (Å²) >= 11 is 0. The minimum Gasteiger partial charge on any atom is -0.493 e. The van der Waals surface area contributed by atoms with E-state index in [0.29, 0.717) is 6.54 Å². The maximum absolute atomic E-state index is 10.4. The third kappa shape index (κ3) is 4.30. The highest BCUT2D eigenvalue weighted by Crippen LogP contribution is 2.26. The molecule has 5 nitrogen and oxygen atoms in total. The molecule has 2 unspecified atom stereocenters. The molecule has 1 aromatic heterocycles. The number of ether oxygens (including phenoxy) is 1. The fourth-order valence-corrected chi connectivity index (χ4v) is 3.20. The lowest BCUT2D eigenvalue weighted by atomic mass is 10.0. The largest absolute Gasteiger partial charge is 0.493 e. The second-order valence-electron chi connectivity index (χ2n) is 6.38. The van der Waals surface area contributed by atoms with Crippen molar-refractivity contribution < 1.29 is 9.84 Å². The first-order chi connectivity index (χ1) is 11.8. The van der Waals surface area contributed by atoms with Crippen molar-refractivity contribution in [2.24, 2.45) is 5.92 Å². The number of aromatic nitrogens is 2. The molecule has 1 aromatic carbocycles. The molecule has 0 amide bonds. The van der Waals surface area contributed by atoms with Crippen LogP contribution in [-0.2, 0) is 13.0 Å². The predicted octanol–water partition coefficient (Wildman–Crippen LogP) is 2.30. The smallest absolute Gasteiger partial charge is 0.123 e. The summed E-state index contributed by atoms with van der Waals surface area (Å²) in [5, 5.41) is 10.4. The SMILES string of the molecule is CCCOc1ccccc1CN1CC(O)C(Cc2cnccn2)C1. The average Bonchev–Trinajstić information content (AvgIpc) is 2.94. The monoisotopic (exact) mass is 327 g/mol. The van der Waals surface area contributed by atoms with Crippen LogP contribution in [0.1, 0.15) is 24.6 Å². The fraction of sp³-hybridized carbons (Fsp3) is 0.474. The number of benzene rings is 1. The molecular formula is C19H25N3O2. The molecule has 1 saturated heterocycles. The summed E-state index contributed by atoms with van der Waals surface area (Å²) in [6.07, 6.45) is 6.60. The van der Waals surface area contributed by atoms with E-state index >= 15 is 0 Å². The first-order valence-corrected chi connectivity index (χ1v) is 8.62. The van der Waals surface area contributed by atoms with Gasteiger partial charge < -0.3 is 9.84 Å². The van der Waals surface area contributed by atoms with E-state index in [2.05, 4.69) is 27.9 Å². The maximum Gasteiger partial charge on any atom is 0.123 e. The second kappa shape index (κ2) is 8.22. The number of rotatable bonds is 7. The number of aliphatic hydroxyl groups is 1. The molecular weight excluding hydrogens is 302 g/mol. The van der Waals surface area contributed by atoms with Gasteiger partial charge in [0.15, 0.2) is 0 Å². The quantitative estimate of drug-likeness (QED) is 0.845. The minimum absolute atomic E-state index is 0.199. The average molecular weight is 327 g/mol. The molecule has 1 aliphatic heterocycles. The first kappa shape index (κ1) is 16.9. The lowest BCUT2D eigenvalue weighted by Gasteiger charge is -2.18. The third-order valence-electron chi connectivity index (χ3n) is 4.40. The van der Waals surface area contributed by atoms with Crippen molar-refractivity contribution in [1.82, 2.24) is 14.9 Å². The number of likely N-dealkylation sites (tertiary alicyclic amines) is 1. The Morgan fingerprint density at radius 1 is 1.25 bits per heavy atom. The molecule has 0 saturated carbocycles. The van der Waals surface area contributed by atoms with Crippen LogP contribution in [0.2, 0.25) is 0 Å². The molecule has 0 spiro atoms. The van der Waals surface area contributed by atoms with Crippen molar-refractivity contribution >= 4 is 0 Å². The Hall–Kier alpha value is -1.98. The van der Waals surface area contributed by atoms with Crippen LogP contribution in [0.4, 0.5) is 0 Å². The summed E-state index contributed by atoms with van der Waals surface area (Å²) in [5.41, 5.74) is 2.12. The normalized spacial score (nSPS) is 21.1. The van der Waals surface area contributed by atoms with Crippen LogP contribution in [0, 0.1) is 5.92 Å². The van der Waals surface area contributed by atoms with Gasteiger partial charge in [-0.15, -0.1) is 0 Å². The van der Waals surface area contributed by atoms with Gasteiger partial charge in [0, 0.05) is 49.7 Å². The molecule has 2 heterocycles. The molecule has 24 heavy (non-hydrogen) atoms. The van der Waals surface area contributed by atoms with Crippen LogP contribution in [0.5, 0.6) is 5.75 Å². The van der Waals surface area contributed by atoms with Gasteiger partial charge in [-0.2, -0.15) is 0 Å². The van der Waals surface area contributed by atoms with Crippen LogP contribution < -0.4 is 4.74 Å². The van der Waals surface area contributed by atoms with E-state index in [9.17, 15) is 5.11 Å². The highest BCUT2D eigenvalue weighted by Gasteiger charge is 2.31. The number of aliphatic hydroxyl groups excluding tert-OH is 1. The fourth-order valence-electron chi connectivity index (χ4n) is 3.20. The zero-order valence-electron chi connectivity index (χ0n) is 14.1. The van der Waals surface area contributed by atoms with Crippen molar-refractivity contribution in [3.63, 3.8) is 0 Å². The zero-order chi connectivity index (χ0) is 16.8. The van der Waals surface area contributed by atoms with Crippen LogP contribution in [0.15, 0.2) is 42.9 Å². The first-order valence-electron chi connectivity index (χ1n) is 8.62. The summed E-state index contributed by atoms with van der Waals surface area (Å²) in [4.78, 5) is 10.7. The van der Waals surface area contributed by atoms with Crippen molar-refractivity contribution in [2.75, 3.05) is 19.7 Å². The van der Waals surface area contributed by atoms with E-state index in [1.165, 1.54) is 5.56 Å². The van der Waals surface area contributed by atoms with Gasteiger partial charge in [-0.05, 0) is 18.9 Å². The van der Waals surface area contributed by atoms with E-state index in [4.69, 9.17) is 4.74 Å². The summed E-state index contributed by atoms with van der Waals surface area (Å²) in [6.45, 7) is 5.19. The topological polar surface area (TPSA) is 58.5 Å². The Morgan fingerprint density at radius 2 is 2.12 bits per heavy atom. The number of nitrogens with zero attached hydrogens (tertiary/aromatic N) is 3. The second-order valence-corrected chi connectivity index (χ2v) is 6.38. The summed E-state index contributed by atoms with van der Waals surface area (Å²) in [5.74, 6) is 1.15. The molecule has 128 valence electrons. The van der Waals surface area contributed by atoms with E-state index in [1.807, 2.05) is 18.2 Å². The number of β-amino-alcohol motifs (C(OH)–C–C–N with tert-alkyl or cyclic N) is 1. The lowest BCUT2D eigenvalue weighted by molar-refractivity contribution is 0.140. The van der Waals surface area contributed by atoms with E-state index in [-0.39, 0.29) is 12.0 Å². The van der Waals surface area contributed by atoms with Crippen molar-refractivity contribution in [3.05, 3.63) is 54.1 Å². The summed E-state index contributed by atoms with van der Waals surface area (Å²) < 4.78 is 5.84. The van der Waals surface area contributed by atoms with E-state index < -0.39 is 0 Å². The molecule has 2 atom stereocenters. The highest BCUT2D eigenvalue weighted by molar-refractivity contribution is 5.33. The molecule has 0 aliphatic carbocycles. The van der Waals surface area contributed by atoms with Crippen LogP contribution >= 0.6 is 0 Å². The molecule has 0 bridgehead atoms. The van der Waals surface area contributed by atoms with Gasteiger partial charge >= 0.3 is 0 Å². The highest BCUT2D eigenvalue weighted by atomic mass is 16.5. The summed E-state index contributed by atoms with van der Waals surface area (Å²) in [7, 11) is 0. The lowest BCUT2D eigenvalue weighted by Crippen LogP contribution is -2.21. The van der Waals surface area contributed by atoms with Gasteiger partial charge in [0.05, 0.1) is 18.4 Å². The standard InChI is InChI=1S/C19H25N3O2/c1-2-9-24-19-6-4-3-5-15(19)12-22-13-16(18(23)14-22)10-17-11-20-7-8-21-17/h3-8,11,16,18,23H,2,9-10,12-14H2,1H3. The van der Waals surface area contributed by atoms with Gasteiger partial charge in [-0.3, -0.25) is 14.9 Å². The molecule has 0 radical (unpaired) electrons. The third-order valence-corrected chi connectivity index (χ3v) is 4.40. The van der Waals surface area contributed by atoms with Crippen molar-refractivity contribution in [1.29, 1.82) is 0 Å². The zero-order valence-corrected chi connectivity index (χ0v) is 14.1. The van der Waals surface area contributed by atoms with Gasteiger partial charge in [0.1, 0.15) is 5.75 Å². The predicted molar refractivity (Wildman–Crippen MR) is 92.7 cm³/mol. The molecule has 1 aliphatic rings. The van der Waals surface area contributed by atoms with E-state index in [1.54, 1.807) is 18.6 Å². The maximum atomic E-state index is 10.4. The van der Waals surface area contributed by atoms with Crippen LogP contribution in [0.25, 0.3) is 0 Å². The van der Waals surface area contributed by atoms with E-state index in [0.717, 1.165) is 44.0 Å². The van der Waals surface area contributed by atoms with Gasteiger partial charge in [-0.25, -0.2) is 0 Å². The van der Waals surface area contributed by atoms with Crippen molar-refractivity contribution in [3.8, 4) is 5.75 Å². The molecule has 2 aromatic rings. The number of para-hydroxylation sites is 1. The molecule has 3 rings (SSSR count). The van der Waals surface area contributed by atoms with Crippen LogP contribution in [0.3, 0.4) is 0 Å². The van der Waals surface area contributed by atoms with Crippen molar-refractivity contribution in [2.45, 2.75) is 32.4 Å². The Labute approximate surface area is 143 Å². The minimum atomic E-state index is -0.323. The van der Waals surface area contributed by atoms with Gasteiger partial charge in [0.25, 0.3) is 0 Å². The number of hydrogen-bond donors (Lipinski definition) is 1. The Kier molecular flexibility index (Phi) is 5.77. The van der Waals surface area contributed by atoms with Gasteiger partial charge in [-0.1, -0.05) is 25.1 Å². The Balaban J connectivity index is 1.61. The Morgan fingerprint density at radius 3 is 2.92 bits per heavy atom. The number of hydrogen-bond acceptors (Lipinski definition) is 5. The van der Waals surface area contributed by atoms with Gasteiger partial charge in [0.2, 0.25) is 0 Å². The van der Waals surface area contributed by atoms with Crippen LogP contribution in [-0.4, -0.2) is 45.8 Å². The Bertz CT molecular complexity index is 636. The summed E-state index contributed by atoms with van der Waals surface area (Å²) in [6, 6.07) is 8.17.